The summed E-state index contributed by atoms with van der Waals surface area (Å²) < 4.78 is 5.41. The van der Waals surface area contributed by atoms with Crippen molar-refractivity contribution in [3.63, 3.8) is 0 Å². The Morgan fingerprint density at radius 2 is 2.08 bits per heavy atom. The van der Waals surface area contributed by atoms with E-state index in [9.17, 15) is 4.79 Å². The van der Waals surface area contributed by atoms with Crippen molar-refractivity contribution in [1.29, 1.82) is 0 Å². The first-order chi connectivity index (χ1) is 11.8. The molecule has 0 unspecified atom stereocenters. The second-order valence-electron chi connectivity index (χ2n) is 6.34. The Kier molecular flexibility index (Phi) is 4.60. The van der Waals surface area contributed by atoms with Gasteiger partial charge in [0.25, 0.3) is 5.91 Å². The van der Waals surface area contributed by atoms with E-state index in [4.69, 9.17) is 4.74 Å². The van der Waals surface area contributed by atoms with Crippen LogP contribution in [0.2, 0.25) is 0 Å². The summed E-state index contributed by atoms with van der Waals surface area (Å²) in [6.45, 7) is 4.25. The molecule has 1 aliphatic heterocycles. The van der Waals surface area contributed by atoms with E-state index in [1.165, 1.54) is 11.3 Å². The van der Waals surface area contributed by atoms with E-state index in [1.807, 2.05) is 18.2 Å². The summed E-state index contributed by atoms with van der Waals surface area (Å²) in [5.74, 6) is 0.453. The van der Waals surface area contributed by atoms with Crippen molar-refractivity contribution in [3.8, 4) is 0 Å². The van der Waals surface area contributed by atoms with E-state index in [0.717, 1.165) is 67.5 Å². The van der Waals surface area contributed by atoms with Gasteiger partial charge in [-0.15, -0.1) is 11.3 Å². The Balaban J connectivity index is 1.49. The molecule has 2 aliphatic rings. The predicted molar refractivity (Wildman–Crippen MR) is 94.6 cm³/mol. The molecule has 126 valence electrons. The number of morpholine rings is 1. The number of amides is 1. The Labute approximate surface area is 145 Å². The number of carbonyl (C=O) groups is 1. The zero-order valence-corrected chi connectivity index (χ0v) is 14.3. The fraction of sp³-hybridized carbons (Fsp3) is 0.444. The highest BCUT2D eigenvalue weighted by molar-refractivity contribution is 7.12. The van der Waals surface area contributed by atoms with Crippen molar-refractivity contribution in [2.75, 3.05) is 31.6 Å². The van der Waals surface area contributed by atoms with Crippen LogP contribution in [0.3, 0.4) is 0 Å². The van der Waals surface area contributed by atoms with Crippen molar-refractivity contribution in [2.24, 2.45) is 0 Å². The van der Waals surface area contributed by atoms with Gasteiger partial charge in [-0.3, -0.25) is 9.69 Å². The fourth-order valence-corrected chi connectivity index (χ4v) is 3.80. The minimum atomic E-state index is -0.0335. The summed E-state index contributed by atoms with van der Waals surface area (Å²) in [7, 11) is 0. The number of hydrogen-bond acceptors (Lipinski definition) is 5. The summed E-state index contributed by atoms with van der Waals surface area (Å²) in [5.41, 5.74) is 4.79. The monoisotopic (exact) mass is 343 g/mol. The molecular formula is C18H21N3O2S. The van der Waals surface area contributed by atoms with E-state index >= 15 is 0 Å². The SMILES string of the molecule is O=C(Nc1ccccc1CN1CCOCC1)c1scnc1C1CC1. The van der Waals surface area contributed by atoms with Gasteiger partial charge in [0.1, 0.15) is 4.88 Å². The third-order valence-electron chi connectivity index (χ3n) is 4.53. The molecule has 6 heteroatoms. The van der Waals surface area contributed by atoms with Gasteiger partial charge in [-0.25, -0.2) is 4.98 Å². The molecule has 1 N–H and O–H groups in total. The number of ether oxygens (including phenoxy) is 1. The smallest absolute Gasteiger partial charge is 0.267 e. The molecule has 0 spiro atoms. The standard InChI is InChI=1S/C18H21N3O2S/c22-18(17-16(13-5-6-13)19-12-24-17)20-15-4-2-1-3-14(15)11-21-7-9-23-10-8-21/h1-4,12-13H,5-11H2,(H,20,22). The predicted octanol–water partition coefficient (Wildman–Crippen LogP) is 3.11. The number of benzene rings is 1. The zero-order valence-electron chi connectivity index (χ0n) is 13.5. The van der Waals surface area contributed by atoms with E-state index in [-0.39, 0.29) is 5.91 Å². The summed E-state index contributed by atoms with van der Waals surface area (Å²) in [6.07, 6.45) is 2.30. The van der Waals surface area contributed by atoms with Crippen LogP contribution in [0.4, 0.5) is 5.69 Å². The molecular weight excluding hydrogens is 322 g/mol. The molecule has 1 aliphatic carbocycles. The summed E-state index contributed by atoms with van der Waals surface area (Å²) >= 11 is 1.44. The molecule has 2 fully saturated rings. The highest BCUT2D eigenvalue weighted by Gasteiger charge is 2.30. The Morgan fingerprint density at radius 3 is 2.88 bits per heavy atom. The minimum absolute atomic E-state index is 0.0335. The van der Waals surface area contributed by atoms with Gasteiger partial charge in [-0.05, 0) is 24.5 Å². The molecule has 2 aromatic rings. The van der Waals surface area contributed by atoms with Crippen molar-refractivity contribution in [2.45, 2.75) is 25.3 Å². The van der Waals surface area contributed by atoms with E-state index in [1.54, 1.807) is 5.51 Å². The first-order valence-electron chi connectivity index (χ1n) is 8.44. The van der Waals surface area contributed by atoms with Crippen molar-refractivity contribution < 1.29 is 9.53 Å². The molecule has 0 atom stereocenters. The number of carbonyl (C=O) groups excluding carboxylic acids is 1. The molecule has 1 amide bonds. The molecule has 24 heavy (non-hydrogen) atoms. The van der Waals surface area contributed by atoms with Crippen LogP contribution in [-0.4, -0.2) is 42.1 Å². The maximum atomic E-state index is 12.7. The van der Waals surface area contributed by atoms with Gasteiger partial charge in [0, 0.05) is 31.2 Å². The number of para-hydroxylation sites is 1. The highest BCUT2D eigenvalue weighted by atomic mass is 32.1. The quantitative estimate of drug-likeness (QED) is 0.906. The largest absolute Gasteiger partial charge is 0.379 e. The molecule has 2 heterocycles. The first kappa shape index (κ1) is 15.7. The van der Waals surface area contributed by atoms with Crippen molar-refractivity contribution in [3.05, 3.63) is 45.9 Å². The van der Waals surface area contributed by atoms with Crippen LogP contribution in [0.25, 0.3) is 0 Å². The molecule has 0 bridgehead atoms. The lowest BCUT2D eigenvalue weighted by atomic mass is 10.1. The van der Waals surface area contributed by atoms with Gasteiger partial charge >= 0.3 is 0 Å². The second kappa shape index (κ2) is 7.01. The number of aromatic nitrogens is 1. The van der Waals surface area contributed by atoms with E-state index < -0.39 is 0 Å². The molecule has 1 aromatic carbocycles. The molecule has 4 rings (SSSR count). The Hall–Kier alpha value is -1.76. The Morgan fingerprint density at radius 1 is 1.29 bits per heavy atom. The number of anilines is 1. The van der Waals surface area contributed by atoms with E-state index in [2.05, 4.69) is 21.3 Å². The van der Waals surface area contributed by atoms with Crippen LogP contribution in [0.5, 0.6) is 0 Å². The topological polar surface area (TPSA) is 54.5 Å². The minimum Gasteiger partial charge on any atom is -0.379 e. The van der Waals surface area contributed by atoms with Crippen LogP contribution >= 0.6 is 11.3 Å². The molecule has 1 saturated carbocycles. The lowest BCUT2D eigenvalue weighted by Gasteiger charge is -2.27. The zero-order chi connectivity index (χ0) is 16.4. The van der Waals surface area contributed by atoms with Crippen LogP contribution < -0.4 is 5.32 Å². The number of nitrogens with one attached hydrogen (secondary N) is 1. The van der Waals surface area contributed by atoms with E-state index in [0.29, 0.717) is 5.92 Å². The highest BCUT2D eigenvalue weighted by Crippen LogP contribution is 2.41. The average Bonchev–Trinajstić information content (AvgIpc) is 3.34. The number of rotatable bonds is 5. The Bertz CT molecular complexity index is 721. The van der Waals surface area contributed by atoms with Gasteiger partial charge in [0.05, 0.1) is 24.4 Å². The summed E-state index contributed by atoms with van der Waals surface area (Å²) in [5, 5.41) is 3.10. The number of hydrogen-bond donors (Lipinski definition) is 1. The maximum absolute atomic E-state index is 12.7. The fourth-order valence-electron chi connectivity index (χ4n) is 3.03. The molecule has 0 radical (unpaired) electrons. The van der Waals surface area contributed by atoms with Crippen LogP contribution in [0, 0.1) is 0 Å². The third kappa shape index (κ3) is 3.50. The van der Waals surface area contributed by atoms with Crippen molar-refractivity contribution in [1.82, 2.24) is 9.88 Å². The first-order valence-corrected chi connectivity index (χ1v) is 9.32. The summed E-state index contributed by atoms with van der Waals surface area (Å²) in [4.78, 5) is 20.2. The second-order valence-corrected chi connectivity index (χ2v) is 7.20. The normalized spacial score (nSPS) is 18.5. The average molecular weight is 343 g/mol. The van der Waals surface area contributed by atoms with Crippen molar-refractivity contribution >= 4 is 22.9 Å². The number of thiazole rings is 1. The van der Waals surface area contributed by atoms with Crippen LogP contribution in [-0.2, 0) is 11.3 Å². The summed E-state index contributed by atoms with van der Waals surface area (Å²) in [6, 6.07) is 8.05. The van der Waals surface area contributed by atoms with Gasteiger partial charge in [0.2, 0.25) is 0 Å². The van der Waals surface area contributed by atoms with Gasteiger partial charge < -0.3 is 10.1 Å². The number of nitrogens with zero attached hydrogens (tertiary/aromatic N) is 2. The van der Waals surface area contributed by atoms with Crippen LogP contribution in [0.1, 0.15) is 39.7 Å². The van der Waals surface area contributed by atoms with Gasteiger partial charge in [-0.2, -0.15) is 0 Å². The lowest BCUT2D eigenvalue weighted by Crippen LogP contribution is -2.35. The van der Waals surface area contributed by atoms with Gasteiger partial charge in [0.15, 0.2) is 0 Å². The van der Waals surface area contributed by atoms with Crippen LogP contribution in [0.15, 0.2) is 29.8 Å². The van der Waals surface area contributed by atoms with Gasteiger partial charge in [-0.1, -0.05) is 18.2 Å². The maximum Gasteiger partial charge on any atom is 0.267 e. The molecule has 1 saturated heterocycles. The third-order valence-corrected chi connectivity index (χ3v) is 5.37. The molecule has 5 nitrogen and oxygen atoms in total. The molecule has 1 aromatic heterocycles. The lowest BCUT2D eigenvalue weighted by molar-refractivity contribution is 0.0342.